The first-order valence-electron chi connectivity index (χ1n) is 13.1. The molecule has 0 radical (unpaired) electrons. The molecular weight excluding hydrogens is 476 g/mol. The average molecular weight is 503 g/mol. The van der Waals surface area contributed by atoms with Gasteiger partial charge in [-0.2, -0.15) is 0 Å². The summed E-state index contributed by atoms with van der Waals surface area (Å²) in [5.41, 5.74) is 8.15. The molecule has 39 heavy (non-hydrogen) atoms. The van der Waals surface area contributed by atoms with Crippen LogP contribution in [0.5, 0.6) is 0 Å². The third kappa shape index (κ3) is 4.03. The quantitative estimate of drug-likeness (QED) is 0.221. The summed E-state index contributed by atoms with van der Waals surface area (Å²) in [5, 5.41) is 3.62. The second kappa shape index (κ2) is 9.58. The van der Waals surface area contributed by atoms with E-state index >= 15 is 0 Å². The van der Waals surface area contributed by atoms with Gasteiger partial charge in [-0.15, -0.1) is 0 Å². The Morgan fingerprint density at radius 1 is 0.667 bits per heavy atom. The van der Waals surface area contributed by atoms with Crippen LogP contribution >= 0.6 is 0 Å². The van der Waals surface area contributed by atoms with E-state index < -0.39 is 0 Å². The molecule has 0 unspecified atom stereocenters. The smallest absolute Gasteiger partial charge is 0.234 e. The van der Waals surface area contributed by atoms with Gasteiger partial charge in [-0.05, 0) is 60.5 Å². The van der Waals surface area contributed by atoms with Crippen molar-refractivity contribution >= 4 is 44.4 Å². The molecule has 4 heteroatoms. The Labute approximate surface area is 226 Å². The minimum atomic E-state index is 0.682. The van der Waals surface area contributed by atoms with E-state index in [1.54, 1.807) is 12.4 Å². The first-order valence-corrected chi connectivity index (χ1v) is 13.1. The van der Waals surface area contributed by atoms with Gasteiger partial charge >= 0.3 is 0 Å². The lowest BCUT2D eigenvalue weighted by atomic mass is 10.0. The van der Waals surface area contributed by atoms with Gasteiger partial charge in [0.25, 0.3) is 0 Å². The highest BCUT2D eigenvalue weighted by atomic mass is 15.1. The molecule has 0 bridgehead atoms. The summed E-state index contributed by atoms with van der Waals surface area (Å²) in [4.78, 5) is 9.04. The van der Waals surface area contributed by atoms with Crippen molar-refractivity contribution in [2.75, 3.05) is 0 Å². The van der Waals surface area contributed by atoms with Crippen molar-refractivity contribution in [1.82, 2.24) is 19.1 Å². The fraction of sp³-hybridized carbons (Fsp3) is 0.0286. The summed E-state index contributed by atoms with van der Waals surface area (Å²) >= 11 is 0. The Morgan fingerprint density at radius 2 is 1.36 bits per heavy atom. The van der Waals surface area contributed by atoms with Crippen molar-refractivity contribution in [3.05, 3.63) is 145 Å². The number of fused-ring (bicyclic) bond motifs is 4. The lowest BCUT2D eigenvalue weighted by Gasteiger charge is -2.06. The Kier molecular flexibility index (Phi) is 5.64. The highest BCUT2D eigenvalue weighted by Crippen LogP contribution is 2.33. The lowest BCUT2D eigenvalue weighted by Crippen LogP contribution is -1.99. The molecule has 7 aromatic rings. The van der Waals surface area contributed by atoms with Crippen LogP contribution < -0.4 is 0 Å². The molecule has 0 aliphatic heterocycles. The molecule has 0 N–H and O–H groups in total. The number of hydrogen-bond donors (Lipinski definition) is 0. The third-order valence-corrected chi connectivity index (χ3v) is 7.28. The molecule has 186 valence electrons. The van der Waals surface area contributed by atoms with Crippen LogP contribution in [0.15, 0.2) is 134 Å². The summed E-state index contributed by atoms with van der Waals surface area (Å²) in [6.07, 6.45) is 12.3. The minimum Gasteiger partial charge on any atom is -0.316 e. The van der Waals surface area contributed by atoms with Crippen molar-refractivity contribution in [2.24, 2.45) is 0 Å². The standard InChI is InChI=1S/C35H26N4/c1-25(11-9-12-27-24-38(28-13-3-2-4-14-28)32-17-7-5-15-29(27)32)26-19-20-34-31(23-26)30-16-6-8-18-33(30)39(34)35-36-21-10-22-37-35/h2-24H,1H3/b12-9-,25-11+. The van der Waals surface area contributed by atoms with Gasteiger partial charge in [0.05, 0.1) is 16.6 Å². The zero-order valence-electron chi connectivity index (χ0n) is 21.6. The zero-order valence-corrected chi connectivity index (χ0v) is 21.6. The molecule has 0 saturated carbocycles. The van der Waals surface area contributed by atoms with E-state index in [4.69, 9.17) is 0 Å². The molecule has 0 spiro atoms. The van der Waals surface area contributed by atoms with Crippen molar-refractivity contribution < 1.29 is 0 Å². The topological polar surface area (TPSA) is 35.6 Å². The van der Waals surface area contributed by atoms with Gasteiger partial charge in [-0.1, -0.05) is 78.9 Å². The fourth-order valence-electron chi connectivity index (χ4n) is 5.37. The van der Waals surface area contributed by atoms with Crippen LogP contribution in [0.4, 0.5) is 0 Å². The molecule has 0 aliphatic carbocycles. The van der Waals surface area contributed by atoms with Crippen LogP contribution in [-0.2, 0) is 0 Å². The number of hydrogen-bond acceptors (Lipinski definition) is 2. The van der Waals surface area contributed by atoms with Crippen LogP contribution in [0.25, 0.3) is 56.0 Å². The molecular formula is C35H26N4. The van der Waals surface area contributed by atoms with E-state index in [1.165, 1.54) is 38.4 Å². The van der Waals surface area contributed by atoms with Gasteiger partial charge in [0.15, 0.2) is 0 Å². The lowest BCUT2D eigenvalue weighted by molar-refractivity contribution is 0.988. The van der Waals surface area contributed by atoms with Crippen molar-refractivity contribution in [1.29, 1.82) is 0 Å². The molecule has 4 nitrogen and oxygen atoms in total. The number of rotatable bonds is 5. The van der Waals surface area contributed by atoms with Crippen LogP contribution in [-0.4, -0.2) is 19.1 Å². The Bertz CT molecular complexity index is 2010. The van der Waals surface area contributed by atoms with Gasteiger partial charge in [0.1, 0.15) is 0 Å². The molecule has 0 saturated heterocycles. The van der Waals surface area contributed by atoms with E-state index in [2.05, 4.69) is 141 Å². The predicted molar refractivity (Wildman–Crippen MR) is 162 cm³/mol. The molecule has 0 atom stereocenters. The monoisotopic (exact) mass is 502 g/mol. The first kappa shape index (κ1) is 22.9. The van der Waals surface area contributed by atoms with Crippen molar-refractivity contribution in [3.8, 4) is 11.6 Å². The van der Waals surface area contributed by atoms with Crippen LogP contribution in [0.3, 0.4) is 0 Å². The van der Waals surface area contributed by atoms with Gasteiger partial charge in [-0.25, -0.2) is 9.97 Å². The summed E-state index contributed by atoms with van der Waals surface area (Å²) < 4.78 is 4.39. The second-order valence-electron chi connectivity index (χ2n) is 9.65. The Morgan fingerprint density at radius 3 is 2.18 bits per heavy atom. The predicted octanol–water partition coefficient (Wildman–Crippen LogP) is 8.63. The molecule has 7 rings (SSSR count). The van der Waals surface area contributed by atoms with E-state index in [0.717, 1.165) is 16.7 Å². The maximum atomic E-state index is 4.52. The zero-order chi connectivity index (χ0) is 26.2. The summed E-state index contributed by atoms with van der Waals surface area (Å²) in [6.45, 7) is 2.16. The molecule has 0 aliphatic rings. The molecule has 0 fully saturated rings. The van der Waals surface area contributed by atoms with Gasteiger partial charge < -0.3 is 4.57 Å². The summed E-state index contributed by atoms with van der Waals surface area (Å²) in [5.74, 6) is 0.682. The van der Waals surface area contributed by atoms with E-state index in [9.17, 15) is 0 Å². The fourth-order valence-corrected chi connectivity index (χ4v) is 5.37. The van der Waals surface area contributed by atoms with Crippen LogP contribution in [0.1, 0.15) is 18.1 Å². The Hall–Kier alpha value is -5.22. The average Bonchev–Trinajstić information content (AvgIpc) is 3.54. The van der Waals surface area contributed by atoms with Crippen LogP contribution in [0.2, 0.25) is 0 Å². The summed E-state index contributed by atoms with van der Waals surface area (Å²) in [7, 11) is 0. The number of aromatic nitrogens is 4. The molecule has 0 amide bonds. The highest BCUT2D eigenvalue weighted by molar-refractivity contribution is 6.09. The number of para-hydroxylation sites is 3. The Balaban J connectivity index is 1.27. The van der Waals surface area contributed by atoms with Gasteiger partial charge in [-0.3, -0.25) is 4.57 Å². The van der Waals surface area contributed by atoms with E-state index in [-0.39, 0.29) is 0 Å². The molecule has 3 heterocycles. The third-order valence-electron chi connectivity index (χ3n) is 7.28. The number of allylic oxidation sites excluding steroid dienone is 3. The maximum Gasteiger partial charge on any atom is 0.234 e. The summed E-state index contributed by atoms with van der Waals surface area (Å²) in [6, 6.07) is 36.0. The minimum absolute atomic E-state index is 0.682. The molecule has 4 aromatic carbocycles. The number of nitrogens with zero attached hydrogens (tertiary/aromatic N) is 4. The second-order valence-corrected chi connectivity index (χ2v) is 9.65. The SMILES string of the molecule is C/C(=C\C=C/c1cn(-c2ccccc2)c2ccccc12)c1ccc2c(c1)c1ccccc1n2-c1ncccn1. The largest absolute Gasteiger partial charge is 0.316 e. The number of benzene rings is 4. The molecule has 3 aromatic heterocycles. The first-order chi connectivity index (χ1) is 19.3. The van der Waals surface area contributed by atoms with Gasteiger partial charge in [0.2, 0.25) is 5.95 Å². The van der Waals surface area contributed by atoms with Gasteiger partial charge in [0, 0.05) is 46.0 Å². The van der Waals surface area contributed by atoms with E-state index in [0.29, 0.717) is 5.95 Å². The van der Waals surface area contributed by atoms with E-state index in [1.807, 2.05) is 12.1 Å². The highest BCUT2D eigenvalue weighted by Gasteiger charge is 2.14. The van der Waals surface area contributed by atoms with Crippen molar-refractivity contribution in [3.63, 3.8) is 0 Å². The maximum absolute atomic E-state index is 4.52. The normalized spacial score (nSPS) is 12.3. The van der Waals surface area contributed by atoms with Crippen molar-refractivity contribution in [2.45, 2.75) is 6.92 Å². The van der Waals surface area contributed by atoms with Crippen LogP contribution in [0, 0.1) is 0 Å².